The van der Waals surface area contributed by atoms with Crippen LogP contribution >= 0.6 is 0 Å². The van der Waals surface area contributed by atoms with Crippen LogP contribution in [0.3, 0.4) is 0 Å². The van der Waals surface area contributed by atoms with Gasteiger partial charge in [0.1, 0.15) is 16.8 Å². The van der Waals surface area contributed by atoms with Gasteiger partial charge in [0.15, 0.2) is 5.78 Å². The molecule has 0 atom stereocenters. The van der Waals surface area contributed by atoms with E-state index in [1.807, 2.05) is 48.9 Å². The summed E-state index contributed by atoms with van der Waals surface area (Å²) in [5.41, 5.74) is 6.47. The van der Waals surface area contributed by atoms with E-state index < -0.39 is 11.1 Å². The minimum atomic E-state index is -0.732. The van der Waals surface area contributed by atoms with Crippen molar-refractivity contribution in [2.75, 3.05) is 0 Å². The third kappa shape index (κ3) is 5.76. The van der Waals surface area contributed by atoms with Crippen LogP contribution in [0.2, 0.25) is 0 Å². The lowest BCUT2D eigenvalue weighted by Crippen LogP contribution is -2.37. The molecule has 0 unspecified atom stereocenters. The summed E-state index contributed by atoms with van der Waals surface area (Å²) in [7, 11) is 0. The van der Waals surface area contributed by atoms with E-state index in [-0.39, 0.29) is 12.2 Å². The van der Waals surface area contributed by atoms with Crippen molar-refractivity contribution in [1.82, 2.24) is 19.1 Å². The Hall–Kier alpha value is -6.59. The van der Waals surface area contributed by atoms with E-state index in [0.717, 1.165) is 39.1 Å². The number of hydrogen-bond acceptors (Lipinski definition) is 3. The van der Waals surface area contributed by atoms with Crippen molar-refractivity contribution in [2.45, 2.75) is 23.9 Å². The van der Waals surface area contributed by atoms with Gasteiger partial charge in [0.25, 0.3) is 0 Å². The highest BCUT2D eigenvalue weighted by Crippen LogP contribution is 2.42. The molecule has 0 amide bonds. The zero-order valence-corrected chi connectivity index (χ0v) is 28.7. The summed E-state index contributed by atoms with van der Waals surface area (Å²) in [6.45, 7) is 0. The van der Waals surface area contributed by atoms with E-state index in [4.69, 9.17) is 9.97 Å². The molecule has 52 heavy (non-hydrogen) atoms. The van der Waals surface area contributed by atoms with Gasteiger partial charge in [-0.3, -0.25) is 4.79 Å². The molecule has 6 aromatic carbocycles. The monoisotopic (exact) mass is 674 g/mol. The molecule has 0 aliphatic heterocycles. The fourth-order valence-electron chi connectivity index (χ4n) is 7.67. The molecule has 2 aromatic heterocycles. The largest absolute Gasteiger partial charge is 0.319 e. The Morgan fingerprint density at radius 2 is 0.731 bits per heavy atom. The van der Waals surface area contributed by atoms with Crippen LogP contribution in [0.1, 0.15) is 56.0 Å². The van der Waals surface area contributed by atoms with Gasteiger partial charge >= 0.3 is 0 Å². The highest BCUT2D eigenvalue weighted by molar-refractivity contribution is 5.94. The quantitative estimate of drug-likeness (QED) is 0.0958. The van der Waals surface area contributed by atoms with E-state index >= 15 is 0 Å². The van der Waals surface area contributed by atoms with E-state index in [2.05, 4.69) is 161 Å². The molecule has 0 aliphatic rings. The smallest absolute Gasteiger partial charge is 0.183 e. The Labute approximate surface area is 304 Å². The van der Waals surface area contributed by atoms with Gasteiger partial charge < -0.3 is 9.13 Å². The normalized spacial score (nSPS) is 11.7. The molecule has 0 N–H and O–H groups in total. The first kappa shape index (κ1) is 32.6. The number of rotatable bonds is 12. The molecule has 0 radical (unpaired) electrons. The van der Waals surface area contributed by atoms with Crippen LogP contribution < -0.4 is 0 Å². The molecule has 8 aromatic rings. The van der Waals surface area contributed by atoms with Crippen molar-refractivity contribution in [3.63, 3.8) is 0 Å². The second kappa shape index (κ2) is 14.3. The number of benzene rings is 6. The zero-order valence-electron chi connectivity index (χ0n) is 28.7. The first-order chi connectivity index (χ1) is 25.7. The molecule has 5 heteroatoms. The van der Waals surface area contributed by atoms with Gasteiger partial charge in [-0.2, -0.15) is 0 Å². The number of Topliss-reactive ketones (excluding diaryl/α,β-unsaturated/α-hetero) is 1. The van der Waals surface area contributed by atoms with E-state index in [0.29, 0.717) is 12.1 Å². The number of aromatic nitrogens is 4. The Bertz CT molecular complexity index is 2160. The minimum Gasteiger partial charge on any atom is -0.319 e. The van der Waals surface area contributed by atoms with Gasteiger partial charge in [-0.1, -0.05) is 182 Å². The molecule has 8 rings (SSSR count). The fourth-order valence-corrected chi connectivity index (χ4v) is 7.67. The van der Waals surface area contributed by atoms with E-state index in [1.54, 1.807) is 6.33 Å². The third-order valence-electron chi connectivity index (χ3n) is 10.0. The number of nitrogens with zero attached hydrogens (tertiary/aromatic N) is 4. The van der Waals surface area contributed by atoms with Gasteiger partial charge in [0, 0.05) is 18.8 Å². The van der Waals surface area contributed by atoms with Crippen molar-refractivity contribution >= 4 is 5.78 Å². The summed E-state index contributed by atoms with van der Waals surface area (Å²) in [6, 6.07) is 62.8. The number of ketones is 1. The molecule has 0 saturated heterocycles. The Morgan fingerprint density at radius 3 is 1.08 bits per heavy atom. The van der Waals surface area contributed by atoms with Crippen molar-refractivity contribution in [3.05, 3.63) is 252 Å². The first-order valence-corrected chi connectivity index (χ1v) is 17.6. The molecule has 0 aliphatic carbocycles. The van der Waals surface area contributed by atoms with Crippen LogP contribution in [0.25, 0.3) is 0 Å². The van der Waals surface area contributed by atoms with Crippen LogP contribution in [0.15, 0.2) is 207 Å². The van der Waals surface area contributed by atoms with Crippen LogP contribution in [0.4, 0.5) is 0 Å². The maximum atomic E-state index is 13.9. The summed E-state index contributed by atoms with van der Waals surface area (Å²) in [4.78, 5) is 23.5. The maximum Gasteiger partial charge on any atom is 0.183 e. The molecular formula is C47H38N4O. The average Bonchev–Trinajstić information content (AvgIpc) is 3.92. The SMILES string of the molecule is O=C(CCc1cn(C(c2ccccc2)(c2ccccc2)c2ccccc2)cn1)c1cn(C(c2ccccc2)(c2ccccc2)c2ccccc2)cn1. The molecule has 0 spiro atoms. The molecule has 0 saturated carbocycles. The standard InChI is InChI=1S/C47H38N4O/c52-45(44-34-51(36-49-44)47(40-25-13-4-14-26-40,41-27-15-5-16-28-41)42-29-17-6-18-30-42)32-31-43-33-50(35-48-43)46(37-19-7-1-8-20-37,38-21-9-2-10-22-38)39-23-11-3-12-24-39/h1-30,33-36H,31-32H2. The van der Waals surface area contributed by atoms with Crippen molar-refractivity contribution in [3.8, 4) is 0 Å². The van der Waals surface area contributed by atoms with Crippen LogP contribution in [0.5, 0.6) is 0 Å². The van der Waals surface area contributed by atoms with Gasteiger partial charge in [-0.15, -0.1) is 0 Å². The molecular weight excluding hydrogens is 637 g/mol. The highest BCUT2D eigenvalue weighted by Gasteiger charge is 2.40. The summed E-state index contributed by atoms with van der Waals surface area (Å²) in [5, 5.41) is 0. The Balaban J connectivity index is 1.13. The number of carbonyl (C=O) groups excluding carboxylic acids is 1. The summed E-state index contributed by atoms with van der Waals surface area (Å²) in [6.07, 6.45) is 8.44. The lowest BCUT2D eigenvalue weighted by molar-refractivity contribution is 0.0978. The average molecular weight is 675 g/mol. The van der Waals surface area contributed by atoms with Gasteiger partial charge in [0.05, 0.1) is 18.3 Å². The highest BCUT2D eigenvalue weighted by atomic mass is 16.1. The molecule has 2 heterocycles. The molecule has 252 valence electrons. The molecule has 0 bridgehead atoms. The number of hydrogen-bond donors (Lipinski definition) is 0. The zero-order chi connectivity index (χ0) is 35.2. The minimum absolute atomic E-state index is 0.0307. The number of aryl methyl sites for hydroxylation is 1. The van der Waals surface area contributed by atoms with Crippen LogP contribution in [-0.2, 0) is 17.5 Å². The van der Waals surface area contributed by atoms with E-state index in [1.165, 1.54) is 0 Å². The maximum absolute atomic E-state index is 13.9. The molecule has 0 fully saturated rings. The summed E-state index contributed by atoms with van der Waals surface area (Å²) < 4.78 is 4.28. The predicted molar refractivity (Wildman–Crippen MR) is 206 cm³/mol. The Kier molecular flexibility index (Phi) is 8.99. The van der Waals surface area contributed by atoms with Crippen molar-refractivity contribution in [1.29, 1.82) is 0 Å². The number of imidazole rings is 2. The topological polar surface area (TPSA) is 52.7 Å². The molecule has 5 nitrogen and oxygen atoms in total. The van der Waals surface area contributed by atoms with Gasteiger partial charge in [-0.05, 0) is 39.8 Å². The van der Waals surface area contributed by atoms with Gasteiger partial charge in [-0.25, -0.2) is 9.97 Å². The van der Waals surface area contributed by atoms with Crippen LogP contribution in [-0.4, -0.2) is 24.9 Å². The third-order valence-corrected chi connectivity index (χ3v) is 10.0. The number of carbonyl (C=O) groups is 1. The van der Waals surface area contributed by atoms with E-state index in [9.17, 15) is 4.79 Å². The summed E-state index contributed by atoms with van der Waals surface area (Å²) >= 11 is 0. The van der Waals surface area contributed by atoms with Crippen molar-refractivity contribution < 1.29 is 4.79 Å². The second-order valence-electron chi connectivity index (χ2n) is 13.0. The van der Waals surface area contributed by atoms with Gasteiger partial charge in [0.2, 0.25) is 0 Å². The lowest BCUT2D eigenvalue weighted by Gasteiger charge is -2.37. The first-order valence-electron chi connectivity index (χ1n) is 17.6. The second-order valence-corrected chi connectivity index (χ2v) is 13.0. The summed E-state index contributed by atoms with van der Waals surface area (Å²) in [5.74, 6) is -0.0307. The lowest BCUT2D eigenvalue weighted by atomic mass is 9.76. The fraction of sp³-hybridized carbons (Fsp3) is 0.0851. The predicted octanol–water partition coefficient (Wildman–Crippen LogP) is 9.58. The Morgan fingerprint density at radius 1 is 0.423 bits per heavy atom. The van der Waals surface area contributed by atoms with Crippen LogP contribution in [0, 0.1) is 0 Å². The van der Waals surface area contributed by atoms with Crippen molar-refractivity contribution in [2.24, 2.45) is 0 Å².